The average molecular weight is 1030 g/mol. The van der Waals surface area contributed by atoms with Crippen LogP contribution in [0.3, 0.4) is 0 Å². The Morgan fingerprint density at radius 1 is 0.900 bits per heavy atom. The number of fused-ring (bicyclic) bond motifs is 3. The first-order chi connectivity index (χ1) is 32.5. The number of aliphatic hydroxyl groups is 4. The van der Waals surface area contributed by atoms with E-state index in [1.807, 2.05) is 13.8 Å². The number of esters is 1. The Labute approximate surface area is 428 Å². The van der Waals surface area contributed by atoms with E-state index in [2.05, 4.69) is 62.9 Å². The van der Waals surface area contributed by atoms with Crippen molar-refractivity contribution in [3.8, 4) is 11.5 Å². The van der Waals surface area contributed by atoms with Crippen LogP contribution < -0.4 is 38.9 Å². The molecule has 0 fully saturated rings. The fourth-order valence-electron chi connectivity index (χ4n) is 5.88. The average Bonchev–Trinajstić information content (AvgIpc) is 3.29. The SMILES string of the molecule is Cc1cc2nc3c(=O)[nH]c(=O)nc-3n(C[C@H](O)[C@H](O)[C@H](O)CO)c2cc1C.N[C@@H](CS)C(=O)O.Nc1nc(=O)c2nc(CNc3ccc(C(=O)N[C@@H](CCC(=O)OC(=O)O)C(=O)O)cc3)cnc2[nH]1.[CaH2]. The summed E-state index contributed by atoms with van der Waals surface area (Å²) in [4.78, 5) is 116. The second-order valence-electron chi connectivity index (χ2n) is 14.7. The van der Waals surface area contributed by atoms with Gasteiger partial charge in [0.1, 0.15) is 30.4 Å². The van der Waals surface area contributed by atoms with E-state index in [-0.39, 0.29) is 97.2 Å². The molecular formula is C40H48CaN12O16S. The Morgan fingerprint density at radius 3 is 2.14 bits per heavy atom. The molecule has 2 aliphatic heterocycles. The Balaban J connectivity index is 0.000000329. The first-order valence-corrected chi connectivity index (χ1v) is 20.6. The zero-order valence-electron chi connectivity index (χ0n) is 36.3. The third-order valence-corrected chi connectivity index (χ3v) is 10.0. The van der Waals surface area contributed by atoms with E-state index < -0.39 is 90.2 Å². The van der Waals surface area contributed by atoms with Gasteiger partial charge in [0.05, 0.1) is 42.6 Å². The molecule has 5 atom stereocenters. The van der Waals surface area contributed by atoms with Gasteiger partial charge in [-0.1, -0.05) is 0 Å². The van der Waals surface area contributed by atoms with Crippen molar-refractivity contribution in [3.05, 3.63) is 96.2 Å². The van der Waals surface area contributed by atoms with E-state index in [9.17, 15) is 58.8 Å². The van der Waals surface area contributed by atoms with Gasteiger partial charge in [0.25, 0.3) is 11.5 Å². The van der Waals surface area contributed by atoms with Crippen molar-refractivity contribution >= 4 is 114 Å². The number of nitrogens with zero attached hydrogens (tertiary/aromatic N) is 6. The van der Waals surface area contributed by atoms with Gasteiger partial charge in [-0.25, -0.2) is 29.3 Å². The molecule has 30 heteroatoms. The van der Waals surface area contributed by atoms with Gasteiger partial charge in [-0.2, -0.15) is 22.6 Å². The number of nitrogens with two attached hydrogens (primary N) is 2. The number of carbonyl (C=O) groups is 5. The maximum absolute atomic E-state index is 12.4. The number of carbonyl (C=O) groups excluding carboxylic acids is 2. The van der Waals surface area contributed by atoms with E-state index in [4.69, 9.17) is 26.8 Å². The van der Waals surface area contributed by atoms with Gasteiger partial charge in [0.15, 0.2) is 22.7 Å². The number of aromatic nitrogens is 8. The molecule has 70 heavy (non-hydrogen) atoms. The molecule has 0 aliphatic carbocycles. The van der Waals surface area contributed by atoms with Crippen molar-refractivity contribution in [3.63, 3.8) is 0 Å². The molecule has 0 saturated heterocycles. The number of amides is 1. The second kappa shape index (κ2) is 26.3. The molecule has 0 radical (unpaired) electrons. The van der Waals surface area contributed by atoms with Crippen molar-refractivity contribution in [2.75, 3.05) is 23.4 Å². The van der Waals surface area contributed by atoms with E-state index in [0.29, 0.717) is 22.4 Å². The summed E-state index contributed by atoms with van der Waals surface area (Å²) in [7, 11) is 0. The van der Waals surface area contributed by atoms with Gasteiger partial charge in [-0.15, -0.1) is 0 Å². The molecule has 0 bridgehead atoms. The molecule has 28 nitrogen and oxygen atoms in total. The number of hydrogen-bond acceptors (Lipinski definition) is 22. The summed E-state index contributed by atoms with van der Waals surface area (Å²) >= 11 is 3.65. The van der Waals surface area contributed by atoms with Gasteiger partial charge in [0, 0.05) is 23.4 Å². The number of hydrogen-bond donors (Lipinski definition) is 14. The molecule has 0 saturated carbocycles. The number of nitrogens with one attached hydrogen (secondary N) is 4. The zero-order valence-corrected chi connectivity index (χ0v) is 37.2. The van der Waals surface area contributed by atoms with Crippen LogP contribution in [0.1, 0.15) is 40.0 Å². The van der Waals surface area contributed by atoms with Crippen molar-refractivity contribution in [1.29, 1.82) is 0 Å². The van der Waals surface area contributed by atoms with Crippen LogP contribution in [0.15, 0.2) is 57.0 Å². The molecule has 2 aromatic carbocycles. The standard InChI is InChI=1S/C20H19N7O8.C17H20N4O6.C3H7NO2S.Ca.2H/c21-19-26-15-14(17(30)27-19)24-11(8-23-15)7-22-10-3-1-9(2-4-10)16(29)25-12(18(31)32)5-6-13(28)35-20(33)34;1-7-3-9-10(4-8(7)2)21(5-11(23)14(25)12(24)6-22)15-13(18-9)16(26)20-17(27)19-15;4-2(1-7)3(5)6;;;/h1-4,8,12,22H,5-7H2,(H,25,29)(H,31,32)(H,33,34)(H3,21,23,26,27,30);3-4,11-12,14,22-25H,5-6H2,1-2H3,(H,20,26,27);2,7H,1,4H2,(H,5,6);;;/t12-;11-,12+,14-;2-;;;/m000.../s1. The number of aromatic amines is 2. The quantitative estimate of drug-likeness (QED) is 0.0149. The van der Waals surface area contributed by atoms with E-state index in [0.717, 1.165) is 11.1 Å². The molecular weight excluding hydrogens is 977 g/mol. The normalized spacial score (nSPS) is 12.9. The predicted molar refractivity (Wildman–Crippen MR) is 252 cm³/mol. The number of thiol groups is 1. The molecule has 2 aliphatic rings. The van der Waals surface area contributed by atoms with Crippen LogP contribution >= 0.6 is 12.6 Å². The summed E-state index contributed by atoms with van der Waals surface area (Å²) in [5, 5.41) is 69.7. The second-order valence-corrected chi connectivity index (χ2v) is 15.1. The zero-order chi connectivity index (χ0) is 51.3. The minimum absolute atomic E-state index is 0. The molecule has 0 unspecified atom stereocenters. The molecule has 4 heterocycles. The van der Waals surface area contributed by atoms with Gasteiger partial charge in [-0.3, -0.25) is 29.0 Å². The third-order valence-electron chi connectivity index (χ3n) is 9.64. The number of anilines is 2. The van der Waals surface area contributed by atoms with Crippen LogP contribution in [0.5, 0.6) is 0 Å². The van der Waals surface area contributed by atoms with Crippen LogP contribution in [0.25, 0.3) is 33.7 Å². The number of nitrogen functional groups attached to an aromatic ring is 1. The van der Waals surface area contributed by atoms with Gasteiger partial charge in [-0.05, 0) is 67.8 Å². The maximum atomic E-state index is 12.4. The summed E-state index contributed by atoms with van der Waals surface area (Å²) < 4.78 is 5.30. The summed E-state index contributed by atoms with van der Waals surface area (Å²) in [5.41, 5.74) is 12.3. The van der Waals surface area contributed by atoms with E-state index >= 15 is 0 Å². The van der Waals surface area contributed by atoms with E-state index in [1.165, 1.54) is 22.9 Å². The first kappa shape index (κ1) is 57.6. The number of H-pyrrole nitrogens is 2. The third kappa shape index (κ3) is 15.9. The topological polar surface area (TPSA) is 464 Å². The molecule has 15 N–H and O–H groups in total. The first-order valence-electron chi connectivity index (χ1n) is 20.0. The summed E-state index contributed by atoms with van der Waals surface area (Å²) in [5.74, 6) is -4.17. The Kier molecular flexibility index (Phi) is 21.7. The Morgan fingerprint density at radius 2 is 1.56 bits per heavy atom. The molecule has 6 rings (SSSR count). The molecule has 1 amide bonds. The summed E-state index contributed by atoms with van der Waals surface area (Å²) in [6, 6.07) is 7.31. The Bertz CT molecular complexity index is 2990. The minimum atomic E-state index is -1.80. The monoisotopic (exact) mass is 1020 g/mol. The number of carboxylic acids is 2. The van der Waals surface area contributed by atoms with Crippen LogP contribution in [0.2, 0.25) is 0 Å². The van der Waals surface area contributed by atoms with Crippen molar-refractivity contribution in [2.45, 2.75) is 70.2 Å². The Hall–Kier alpha value is -6.70. The molecule has 2 aromatic heterocycles. The van der Waals surface area contributed by atoms with Gasteiger partial charge >= 0.3 is 73.1 Å². The number of aliphatic carboxylic acids is 2. The number of aliphatic hydroxyl groups excluding tert-OH is 4. The van der Waals surface area contributed by atoms with Crippen LogP contribution in [0, 0.1) is 13.8 Å². The fraction of sp³-hybridized carbons (Fsp3) is 0.325. The summed E-state index contributed by atoms with van der Waals surface area (Å²) in [6.45, 7) is 2.93. The van der Waals surface area contributed by atoms with Gasteiger partial charge in [0.2, 0.25) is 5.95 Å². The number of carboxylic acid groups (broad SMARTS) is 3. The number of rotatable bonds is 16. The van der Waals surface area contributed by atoms with E-state index in [1.54, 1.807) is 24.3 Å². The fourth-order valence-corrected chi connectivity index (χ4v) is 6.03. The van der Waals surface area contributed by atoms with Crippen LogP contribution in [-0.2, 0) is 32.2 Å². The number of benzene rings is 2. The van der Waals surface area contributed by atoms with Crippen molar-refractivity contribution in [1.82, 2.24) is 44.8 Å². The van der Waals surface area contributed by atoms with Crippen LogP contribution in [0.4, 0.5) is 16.4 Å². The molecule has 4 aromatic rings. The summed E-state index contributed by atoms with van der Waals surface area (Å²) in [6.07, 6.45) is -5.90. The predicted octanol–water partition coefficient (Wildman–Crippen LogP) is -3.22. The van der Waals surface area contributed by atoms with Crippen molar-refractivity contribution < 1.29 is 64.5 Å². The van der Waals surface area contributed by atoms with Gasteiger partial charge < -0.3 is 72.1 Å². The van der Waals surface area contributed by atoms with Crippen molar-refractivity contribution in [2.24, 2.45) is 5.73 Å². The number of ether oxygens (including phenoxy) is 1. The number of aryl methyl sites for hydroxylation is 2. The molecule has 372 valence electrons. The van der Waals surface area contributed by atoms with Crippen LogP contribution in [-0.4, -0.2) is 186 Å². The molecule has 0 spiro atoms.